The molecule has 0 fully saturated rings. The van der Waals surface area contributed by atoms with Crippen LogP contribution in [0, 0.1) is 6.92 Å². The Labute approximate surface area is 160 Å². The van der Waals surface area contributed by atoms with Crippen LogP contribution in [0.3, 0.4) is 0 Å². The monoisotopic (exact) mass is 389 g/mol. The van der Waals surface area contributed by atoms with E-state index < -0.39 is 0 Å². The summed E-state index contributed by atoms with van der Waals surface area (Å²) in [6.07, 6.45) is 1.59. The molecule has 0 saturated carbocycles. The van der Waals surface area contributed by atoms with Gasteiger partial charge < -0.3 is 5.32 Å². The highest BCUT2D eigenvalue weighted by molar-refractivity contribution is 7.98. The minimum Gasteiger partial charge on any atom is -0.331 e. The van der Waals surface area contributed by atoms with Crippen LogP contribution in [-0.4, -0.2) is 20.0 Å². The molecule has 0 aliphatic carbocycles. The number of benzene rings is 2. The maximum absolute atomic E-state index is 5.90. The number of hydrogen-bond donors (Lipinski definition) is 2. The summed E-state index contributed by atoms with van der Waals surface area (Å²) >= 11 is 12.8. The van der Waals surface area contributed by atoms with E-state index in [0.29, 0.717) is 5.11 Å². The fourth-order valence-corrected chi connectivity index (χ4v) is 3.20. The van der Waals surface area contributed by atoms with E-state index in [9.17, 15) is 0 Å². The van der Waals surface area contributed by atoms with Gasteiger partial charge in [-0.15, -0.1) is 10.2 Å². The van der Waals surface area contributed by atoms with Crippen molar-refractivity contribution in [3.63, 3.8) is 0 Å². The molecule has 2 N–H and O–H groups in total. The number of nitrogens with zero attached hydrogens (tertiary/aromatic N) is 3. The standard InChI is InChI=1S/C17H16ClN5S2/c1-12-2-8-15(9-3-12)20-16(24)22-23-11-19-21-17(23)25-10-13-4-6-14(18)7-5-13/h2-9,11H,10H2,1H3,(H2,20,22,24). The molecule has 5 nitrogen and oxygen atoms in total. The molecule has 0 spiro atoms. The highest BCUT2D eigenvalue weighted by Crippen LogP contribution is 2.21. The van der Waals surface area contributed by atoms with Gasteiger partial charge in [-0.3, -0.25) is 5.43 Å². The second kappa shape index (κ2) is 8.33. The van der Waals surface area contributed by atoms with Gasteiger partial charge >= 0.3 is 0 Å². The van der Waals surface area contributed by atoms with Crippen LogP contribution in [0.15, 0.2) is 60.0 Å². The summed E-state index contributed by atoms with van der Waals surface area (Å²) in [5, 5.41) is 13.1. The molecule has 3 aromatic rings. The van der Waals surface area contributed by atoms with Gasteiger partial charge in [0.2, 0.25) is 5.16 Å². The highest BCUT2D eigenvalue weighted by Gasteiger charge is 2.07. The third-order valence-corrected chi connectivity index (χ3v) is 4.79. The SMILES string of the molecule is Cc1ccc(NC(=S)Nn2cnnc2SCc2ccc(Cl)cc2)cc1. The van der Waals surface area contributed by atoms with Gasteiger partial charge in [-0.25, -0.2) is 4.68 Å². The maximum Gasteiger partial charge on any atom is 0.210 e. The van der Waals surface area contributed by atoms with Crippen molar-refractivity contribution in [2.45, 2.75) is 17.8 Å². The maximum atomic E-state index is 5.90. The smallest absolute Gasteiger partial charge is 0.210 e. The molecule has 0 atom stereocenters. The molecule has 0 aliphatic heterocycles. The Morgan fingerprint density at radius 2 is 1.88 bits per heavy atom. The summed E-state index contributed by atoms with van der Waals surface area (Å²) < 4.78 is 1.70. The Morgan fingerprint density at radius 3 is 2.60 bits per heavy atom. The van der Waals surface area contributed by atoms with Crippen molar-refractivity contribution >= 4 is 46.4 Å². The minimum atomic E-state index is 0.469. The highest BCUT2D eigenvalue weighted by atomic mass is 35.5. The van der Waals surface area contributed by atoms with E-state index in [1.54, 1.807) is 22.8 Å². The van der Waals surface area contributed by atoms with Crippen LogP contribution in [0.25, 0.3) is 0 Å². The lowest BCUT2D eigenvalue weighted by Gasteiger charge is -2.12. The predicted octanol–water partition coefficient (Wildman–Crippen LogP) is 4.47. The second-order valence-corrected chi connectivity index (χ2v) is 7.12. The number of anilines is 1. The normalized spacial score (nSPS) is 10.5. The van der Waals surface area contributed by atoms with E-state index in [1.807, 2.05) is 55.5 Å². The summed E-state index contributed by atoms with van der Waals surface area (Å²) in [6.45, 7) is 2.04. The molecular weight excluding hydrogens is 374 g/mol. The fraction of sp³-hybridized carbons (Fsp3) is 0.118. The van der Waals surface area contributed by atoms with Crippen LogP contribution in [0.5, 0.6) is 0 Å². The Kier molecular flexibility index (Phi) is 5.91. The number of thiocarbonyl (C=S) groups is 1. The van der Waals surface area contributed by atoms with Crippen LogP contribution in [0.2, 0.25) is 5.02 Å². The fourth-order valence-electron chi connectivity index (χ4n) is 2.03. The zero-order valence-electron chi connectivity index (χ0n) is 13.4. The number of aryl methyl sites for hydroxylation is 1. The van der Waals surface area contributed by atoms with Crippen LogP contribution in [0.1, 0.15) is 11.1 Å². The van der Waals surface area contributed by atoms with Gasteiger partial charge in [-0.1, -0.05) is 53.2 Å². The third kappa shape index (κ3) is 5.19. The predicted molar refractivity (Wildman–Crippen MR) is 108 cm³/mol. The number of nitrogens with one attached hydrogen (secondary N) is 2. The molecule has 0 aliphatic rings. The van der Waals surface area contributed by atoms with Crippen molar-refractivity contribution in [2.75, 3.05) is 10.7 Å². The molecule has 0 unspecified atom stereocenters. The summed E-state index contributed by atoms with van der Waals surface area (Å²) in [5.41, 5.74) is 6.35. The molecule has 8 heteroatoms. The van der Waals surface area contributed by atoms with Gasteiger partial charge in [0.05, 0.1) is 0 Å². The van der Waals surface area contributed by atoms with Gasteiger partial charge in [-0.2, -0.15) is 0 Å². The molecule has 25 heavy (non-hydrogen) atoms. The Balaban J connectivity index is 1.58. The minimum absolute atomic E-state index is 0.469. The van der Waals surface area contributed by atoms with Gasteiger partial charge in [-0.05, 0) is 49.0 Å². The second-order valence-electron chi connectivity index (χ2n) is 5.33. The summed E-state index contributed by atoms with van der Waals surface area (Å²) in [4.78, 5) is 0. The van der Waals surface area contributed by atoms with Crippen molar-refractivity contribution in [2.24, 2.45) is 0 Å². The van der Waals surface area contributed by atoms with Crippen LogP contribution in [-0.2, 0) is 5.75 Å². The van der Waals surface area contributed by atoms with Gasteiger partial charge in [0.25, 0.3) is 0 Å². The van der Waals surface area contributed by atoms with Crippen LogP contribution in [0.4, 0.5) is 5.69 Å². The summed E-state index contributed by atoms with van der Waals surface area (Å²) in [7, 11) is 0. The zero-order valence-corrected chi connectivity index (χ0v) is 15.8. The average molecular weight is 390 g/mol. The molecule has 0 amide bonds. The van der Waals surface area contributed by atoms with Gasteiger partial charge in [0.1, 0.15) is 6.33 Å². The molecular formula is C17H16ClN5S2. The summed E-state index contributed by atoms with van der Waals surface area (Å²) in [6, 6.07) is 15.7. The number of hydrogen-bond acceptors (Lipinski definition) is 4. The van der Waals surface area contributed by atoms with Crippen molar-refractivity contribution in [1.82, 2.24) is 14.9 Å². The average Bonchev–Trinajstić information content (AvgIpc) is 3.03. The quantitative estimate of drug-likeness (QED) is 0.496. The number of rotatable bonds is 5. The van der Waals surface area contributed by atoms with Crippen LogP contribution >= 0.6 is 35.6 Å². The first-order valence-corrected chi connectivity index (χ1v) is 9.29. The third-order valence-electron chi connectivity index (χ3n) is 3.33. The molecule has 0 radical (unpaired) electrons. The molecule has 1 heterocycles. The summed E-state index contributed by atoms with van der Waals surface area (Å²) in [5.74, 6) is 0.760. The van der Waals surface area contributed by atoms with E-state index in [1.165, 1.54) is 5.56 Å². The lowest BCUT2D eigenvalue weighted by atomic mass is 10.2. The number of aromatic nitrogens is 3. The molecule has 2 aromatic carbocycles. The molecule has 0 bridgehead atoms. The Hall–Kier alpha value is -2.09. The first kappa shape index (κ1) is 17.7. The van der Waals surface area contributed by atoms with Crippen molar-refractivity contribution in [1.29, 1.82) is 0 Å². The van der Waals surface area contributed by atoms with Gasteiger partial charge in [0, 0.05) is 16.5 Å². The van der Waals surface area contributed by atoms with Crippen molar-refractivity contribution < 1.29 is 0 Å². The Morgan fingerprint density at radius 1 is 1.16 bits per heavy atom. The van der Waals surface area contributed by atoms with Crippen molar-refractivity contribution in [3.8, 4) is 0 Å². The first-order valence-electron chi connectivity index (χ1n) is 7.52. The van der Waals surface area contributed by atoms with Gasteiger partial charge in [0.15, 0.2) is 5.11 Å². The Bertz CT molecular complexity index is 846. The number of halogens is 1. The van der Waals surface area contributed by atoms with Crippen molar-refractivity contribution in [3.05, 3.63) is 71.0 Å². The molecule has 0 saturated heterocycles. The molecule has 128 valence electrons. The van der Waals surface area contributed by atoms with E-state index in [2.05, 4.69) is 20.9 Å². The van der Waals surface area contributed by atoms with Crippen LogP contribution < -0.4 is 10.7 Å². The molecule has 3 rings (SSSR count). The number of thioether (sulfide) groups is 1. The zero-order chi connectivity index (χ0) is 17.6. The largest absolute Gasteiger partial charge is 0.331 e. The first-order chi connectivity index (χ1) is 12.1. The van der Waals surface area contributed by atoms with E-state index in [0.717, 1.165) is 27.2 Å². The van der Waals surface area contributed by atoms with E-state index in [-0.39, 0.29) is 0 Å². The topological polar surface area (TPSA) is 54.8 Å². The lowest BCUT2D eigenvalue weighted by Crippen LogP contribution is -2.27. The molecule has 1 aromatic heterocycles. The van der Waals surface area contributed by atoms with E-state index >= 15 is 0 Å². The van der Waals surface area contributed by atoms with E-state index in [4.69, 9.17) is 23.8 Å². The lowest BCUT2D eigenvalue weighted by molar-refractivity contribution is 0.833.